The van der Waals surface area contributed by atoms with Crippen molar-refractivity contribution in [2.75, 3.05) is 19.8 Å². The minimum atomic E-state index is -4.68. The molecule has 1 aromatic carbocycles. The van der Waals surface area contributed by atoms with Crippen LogP contribution in [0, 0.1) is 11.7 Å². The maximum atomic E-state index is 13.0. The van der Waals surface area contributed by atoms with Crippen molar-refractivity contribution in [2.24, 2.45) is 5.92 Å². The molecular formula is C16H22F4N2O2. The third kappa shape index (κ3) is 7.63. The van der Waals surface area contributed by atoms with E-state index in [0.29, 0.717) is 38.2 Å². The quantitative estimate of drug-likeness (QED) is 0.555. The van der Waals surface area contributed by atoms with Gasteiger partial charge < -0.3 is 15.4 Å². The fourth-order valence-electron chi connectivity index (χ4n) is 1.90. The van der Waals surface area contributed by atoms with Crippen LogP contribution in [0.3, 0.4) is 0 Å². The highest BCUT2D eigenvalue weighted by Gasteiger charge is 2.33. The summed E-state index contributed by atoms with van der Waals surface area (Å²) in [6, 6.07) is 1.77. The number of urea groups is 1. The number of hydrogen-bond acceptors (Lipinski definition) is 2. The Balaban J connectivity index is 2.37. The zero-order valence-corrected chi connectivity index (χ0v) is 13.7. The van der Waals surface area contributed by atoms with Crippen LogP contribution in [0.5, 0.6) is 0 Å². The number of ether oxygens (including phenoxy) is 1. The Morgan fingerprint density at radius 1 is 1.25 bits per heavy atom. The summed E-state index contributed by atoms with van der Waals surface area (Å²) < 4.78 is 56.8. The van der Waals surface area contributed by atoms with E-state index >= 15 is 0 Å². The lowest BCUT2D eigenvalue weighted by atomic mass is 10.1. The van der Waals surface area contributed by atoms with Gasteiger partial charge in [0.15, 0.2) is 0 Å². The summed E-state index contributed by atoms with van der Waals surface area (Å²) in [4.78, 5) is 11.6. The van der Waals surface area contributed by atoms with Crippen molar-refractivity contribution in [3.63, 3.8) is 0 Å². The Labute approximate surface area is 138 Å². The Bertz CT molecular complexity index is 533. The van der Waals surface area contributed by atoms with Crippen LogP contribution in [0.15, 0.2) is 18.2 Å². The number of halogens is 4. The molecule has 24 heavy (non-hydrogen) atoms. The largest absolute Gasteiger partial charge is 0.416 e. The number of carbonyl (C=O) groups excluding carboxylic acids is 1. The Kier molecular flexibility index (Phi) is 7.97. The zero-order chi connectivity index (χ0) is 18.2. The molecule has 0 unspecified atom stereocenters. The van der Waals surface area contributed by atoms with Crippen molar-refractivity contribution in [2.45, 2.75) is 33.0 Å². The topological polar surface area (TPSA) is 50.4 Å². The van der Waals surface area contributed by atoms with Crippen molar-refractivity contribution >= 4 is 6.03 Å². The molecule has 1 rings (SSSR count). The Hall–Kier alpha value is -1.83. The van der Waals surface area contributed by atoms with E-state index in [2.05, 4.69) is 10.6 Å². The molecule has 0 radical (unpaired) electrons. The van der Waals surface area contributed by atoms with Crippen molar-refractivity contribution in [3.05, 3.63) is 35.1 Å². The van der Waals surface area contributed by atoms with Gasteiger partial charge in [-0.1, -0.05) is 19.9 Å². The van der Waals surface area contributed by atoms with Gasteiger partial charge in [0.25, 0.3) is 0 Å². The molecule has 0 saturated heterocycles. The molecule has 0 aliphatic carbocycles. The molecule has 0 bridgehead atoms. The van der Waals surface area contributed by atoms with E-state index in [-0.39, 0.29) is 12.1 Å². The minimum Gasteiger partial charge on any atom is -0.381 e. The number of benzene rings is 1. The van der Waals surface area contributed by atoms with Gasteiger partial charge in [0.1, 0.15) is 5.82 Å². The average Bonchev–Trinajstić information content (AvgIpc) is 2.48. The third-order valence-corrected chi connectivity index (χ3v) is 3.02. The van der Waals surface area contributed by atoms with Crippen LogP contribution in [0.1, 0.15) is 31.4 Å². The number of amides is 2. The van der Waals surface area contributed by atoms with E-state index in [9.17, 15) is 22.4 Å². The molecule has 0 atom stereocenters. The second kappa shape index (κ2) is 9.46. The smallest absolute Gasteiger partial charge is 0.381 e. The number of hydrogen-bond donors (Lipinski definition) is 2. The molecule has 0 aromatic heterocycles. The zero-order valence-electron chi connectivity index (χ0n) is 13.7. The highest BCUT2D eigenvalue weighted by molar-refractivity contribution is 5.73. The Morgan fingerprint density at radius 2 is 1.96 bits per heavy atom. The normalized spacial score (nSPS) is 11.6. The summed E-state index contributed by atoms with van der Waals surface area (Å²) in [5.74, 6) is -0.545. The highest BCUT2D eigenvalue weighted by Crippen LogP contribution is 2.32. The first kappa shape index (κ1) is 20.2. The van der Waals surface area contributed by atoms with E-state index in [1.165, 1.54) is 0 Å². The van der Waals surface area contributed by atoms with Crippen molar-refractivity contribution in [3.8, 4) is 0 Å². The molecule has 0 fully saturated rings. The van der Waals surface area contributed by atoms with Gasteiger partial charge in [0, 0.05) is 26.3 Å². The van der Waals surface area contributed by atoms with E-state index in [1.807, 2.05) is 13.8 Å². The van der Waals surface area contributed by atoms with Crippen LogP contribution in [0.25, 0.3) is 0 Å². The standard InChI is InChI=1S/C16H22F4N2O2/c1-11(2)10-24-7-3-6-21-15(23)22-9-12-4-5-13(17)8-14(12)16(18,19)20/h4-5,8,11H,3,6-7,9-10H2,1-2H3,(H2,21,22,23). The highest BCUT2D eigenvalue weighted by atomic mass is 19.4. The fraction of sp³-hybridized carbons (Fsp3) is 0.562. The predicted octanol–water partition coefficient (Wildman–Crippen LogP) is 3.71. The number of nitrogens with one attached hydrogen (secondary N) is 2. The molecule has 0 saturated carbocycles. The SMILES string of the molecule is CC(C)COCCCNC(=O)NCc1ccc(F)cc1C(F)(F)F. The molecule has 0 heterocycles. The van der Waals surface area contributed by atoms with E-state index < -0.39 is 23.6 Å². The summed E-state index contributed by atoms with van der Waals surface area (Å²) in [5.41, 5.74) is -1.29. The maximum Gasteiger partial charge on any atom is 0.416 e. The summed E-state index contributed by atoms with van der Waals surface area (Å²) >= 11 is 0. The van der Waals surface area contributed by atoms with Crippen LogP contribution >= 0.6 is 0 Å². The lowest BCUT2D eigenvalue weighted by Gasteiger charge is -2.14. The molecule has 0 spiro atoms. The van der Waals surface area contributed by atoms with Crippen molar-refractivity contribution in [1.29, 1.82) is 0 Å². The lowest BCUT2D eigenvalue weighted by Crippen LogP contribution is -2.36. The molecular weight excluding hydrogens is 328 g/mol. The molecule has 8 heteroatoms. The summed E-state index contributed by atoms with van der Waals surface area (Å²) in [5, 5.41) is 4.85. The van der Waals surface area contributed by atoms with Crippen LogP contribution < -0.4 is 10.6 Å². The maximum absolute atomic E-state index is 13.0. The van der Waals surface area contributed by atoms with Gasteiger partial charge in [-0.15, -0.1) is 0 Å². The molecule has 136 valence electrons. The molecule has 2 N–H and O–H groups in total. The van der Waals surface area contributed by atoms with Gasteiger partial charge in [-0.05, 0) is 30.0 Å². The van der Waals surface area contributed by atoms with Gasteiger partial charge in [-0.3, -0.25) is 0 Å². The summed E-state index contributed by atoms with van der Waals surface area (Å²) in [6.07, 6.45) is -4.08. The average molecular weight is 350 g/mol. The Morgan fingerprint density at radius 3 is 2.58 bits per heavy atom. The van der Waals surface area contributed by atoms with Crippen molar-refractivity contribution in [1.82, 2.24) is 10.6 Å². The lowest BCUT2D eigenvalue weighted by molar-refractivity contribution is -0.138. The monoisotopic (exact) mass is 350 g/mol. The minimum absolute atomic E-state index is 0.195. The van der Waals surface area contributed by atoms with Gasteiger partial charge in [-0.25, -0.2) is 9.18 Å². The first-order chi connectivity index (χ1) is 11.2. The summed E-state index contributed by atoms with van der Waals surface area (Å²) in [7, 11) is 0. The van der Waals surface area contributed by atoms with Gasteiger partial charge in [-0.2, -0.15) is 13.2 Å². The number of carbonyl (C=O) groups is 1. The number of rotatable bonds is 8. The van der Waals surface area contributed by atoms with E-state index in [4.69, 9.17) is 4.74 Å². The molecule has 0 aliphatic rings. The summed E-state index contributed by atoms with van der Waals surface area (Å²) in [6.45, 7) is 5.18. The number of alkyl halides is 3. The van der Waals surface area contributed by atoms with Gasteiger partial charge >= 0.3 is 12.2 Å². The molecule has 0 aliphatic heterocycles. The second-order valence-corrected chi connectivity index (χ2v) is 5.73. The first-order valence-corrected chi connectivity index (χ1v) is 7.65. The van der Waals surface area contributed by atoms with Crippen LogP contribution in [0.4, 0.5) is 22.4 Å². The van der Waals surface area contributed by atoms with Crippen LogP contribution in [-0.4, -0.2) is 25.8 Å². The van der Waals surface area contributed by atoms with Crippen molar-refractivity contribution < 1.29 is 27.1 Å². The predicted molar refractivity (Wildman–Crippen MR) is 81.9 cm³/mol. The third-order valence-electron chi connectivity index (χ3n) is 3.02. The van der Waals surface area contributed by atoms with E-state index in [0.717, 1.165) is 12.1 Å². The van der Waals surface area contributed by atoms with Crippen LogP contribution in [-0.2, 0) is 17.5 Å². The fourth-order valence-corrected chi connectivity index (χ4v) is 1.90. The van der Waals surface area contributed by atoms with E-state index in [1.54, 1.807) is 0 Å². The first-order valence-electron chi connectivity index (χ1n) is 7.65. The van der Waals surface area contributed by atoms with Gasteiger partial charge in [0.05, 0.1) is 5.56 Å². The van der Waals surface area contributed by atoms with Gasteiger partial charge in [0.2, 0.25) is 0 Å². The second-order valence-electron chi connectivity index (χ2n) is 5.73. The molecule has 4 nitrogen and oxygen atoms in total. The molecule has 1 aromatic rings. The van der Waals surface area contributed by atoms with Crippen LogP contribution in [0.2, 0.25) is 0 Å². The molecule has 2 amide bonds.